The van der Waals surface area contributed by atoms with Crippen LogP contribution in [0.3, 0.4) is 0 Å². The molecule has 0 radical (unpaired) electrons. The first-order valence-corrected chi connectivity index (χ1v) is 5.56. The summed E-state index contributed by atoms with van der Waals surface area (Å²) in [5.41, 5.74) is 1.42. The van der Waals surface area contributed by atoms with Gasteiger partial charge in [-0.15, -0.1) is 0 Å². The van der Waals surface area contributed by atoms with Gasteiger partial charge >= 0.3 is 0 Å². The molecule has 0 bridgehead atoms. The number of aryl methyl sites for hydroxylation is 2. The summed E-state index contributed by atoms with van der Waals surface area (Å²) in [6.45, 7) is 1.08. The van der Waals surface area contributed by atoms with Gasteiger partial charge in [0, 0.05) is 0 Å². The van der Waals surface area contributed by atoms with Crippen LogP contribution in [0.5, 0.6) is 0 Å². The van der Waals surface area contributed by atoms with E-state index in [1.165, 1.54) is 12.0 Å². The van der Waals surface area contributed by atoms with E-state index in [2.05, 4.69) is 46.1 Å². The maximum absolute atomic E-state index is 8.25. The van der Waals surface area contributed by atoms with Gasteiger partial charge in [0.2, 0.25) is 6.33 Å². The molecular formula is C12H15N3O3. The second-order valence-electron chi connectivity index (χ2n) is 3.66. The Morgan fingerprint density at radius 2 is 1.89 bits per heavy atom. The summed E-state index contributed by atoms with van der Waals surface area (Å²) < 4.78 is 2.17. The lowest BCUT2D eigenvalue weighted by Crippen LogP contribution is -2.30. The minimum atomic E-state index is -1.75. The third-order valence-electron chi connectivity index (χ3n) is 2.33. The van der Waals surface area contributed by atoms with E-state index in [4.69, 9.17) is 15.3 Å². The Kier molecular flexibility index (Phi) is 5.96. The van der Waals surface area contributed by atoms with Crippen LogP contribution in [-0.2, 0) is 13.0 Å². The van der Waals surface area contributed by atoms with Crippen molar-refractivity contribution in [2.45, 2.75) is 19.4 Å². The van der Waals surface area contributed by atoms with E-state index >= 15 is 0 Å². The molecule has 1 aromatic heterocycles. The summed E-state index contributed by atoms with van der Waals surface area (Å²) in [7, 11) is 0. The predicted octanol–water partition coefficient (Wildman–Crippen LogP) is 1.70. The van der Waals surface area contributed by atoms with Gasteiger partial charge < -0.3 is 15.3 Å². The van der Waals surface area contributed by atoms with Gasteiger partial charge in [0.25, 0.3) is 0 Å². The standard InChI is InChI=1S/C12H14N2.NO3/c1-2-5-12(6-3-1)7-4-9-14-10-8-13-11-14;2-1(3)4/h1-3,5-6,8,10-11H,4,7,9H2;/q;-1/p+1. The lowest BCUT2D eigenvalue weighted by atomic mass is 10.1. The van der Waals surface area contributed by atoms with Crippen molar-refractivity contribution in [1.29, 1.82) is 0 Å². The highest BCUT2D eigenvalue weighted by Crippen LogP contribution is 2.01. The van der Waals surface area contributed by atoms with Crippen LogP contribution in [0.1, 0.15) is 12.0 Å². The third kappa shape index (κ3) is 6.26. The normalized spacial score (nSPS) is 9.33. The number of aromatic amines is 1. The zero-order chi connectivity index (χ0) is 13.2. The number of benzene rings is 1. The maximum atomic E-state index is 8.25. The molecule has 1 N–H and O–H groups in total. The number of imidazole rings is 1. The van der Waals surface area contributed by atoms with Gasteiger partial charge in [-0.05, 0) is 18.4 Å². The van der Waals surface area contributed by atoms with Crippen molar-refractivity contribution in [1.82, 2.24) is 4.98 Å². The Balaban J connectivity index is 0.000000357. The molecule has 2 rings (SSSR count). The van der Waals surface area contributed by atoms with Gasteiger partial charge in [-0.1, -0.05) is 30.3 Å². The van der Waals surface area contributed by atoms with Gasteiger partial charge in [0.1, 0.15) is 12.4 Å². The SMILES string of the molecule is O=[N+]([O-])[O-].c1ccc(CCC[n+]2cc[nH]c2)cc1. The van der Waals surface area contributed by atoms with E-state index in [1.807, 2.05) is 12.5 Å². The lowest BCUT2D eigenvalue weighted by Gasteiger charge is -1.98. The Morgan fingerprint density at radius 1 is 1.22 bits per heavy atom. The fourth-order valence-electron chi connectivity index (χ4n) is 1.57. The lowest BCUT2D eigenvalue weighted by molar-refractivity contribution is -0.696. The van der Waals surface area contributed by atoms with Crippen molar-refractivity contribution in [3.8, 4) is 0 Å². The smallest absolute Gasteiger partial charge is 0.241 e. The molecule has 0 aliphatic rings. The van der Waals surface area contributed by atoms with Gasteiger partial charge in [0.05, 0.1) is 11.6 Å². The summed E-state index contributed by atoms with van der Waals surface area (Å²) in [4.78, 5) is 11.3. The van der Waals surface area contributed by atoms with Gasteiger partial charge in [0.15, 0.2) is 0 Å². The van der Waals surface area contributed by atoms with Crippen molar-refractivity contribution in [3.63, 3.8) is 0 Å². The monoisotopic (exact) mass is 249 g/mol. The Bertz CT molecular complexity index is 439. The third-order valence-corrected chi connectivity index (χ3v) is 2.33. The molecule has 6 nitrogen and oxygen atoms in total. The summed E-state index contributed by atoms with van der Waals surface area (Å²) in [5.74, 6) is 0. The molecule has 1 heterocycles. The van der Waals surface area contributed by atoms with Crippen molar-refractivity contribution >= 4 is 0 Å². The molecule has 1 aromatic carbocycles. The molecule has 0 spiro atoms. The molecule has 0 saturated carbocycles. The Hall–Kier alpha value is -2.37. The molecule has 0 atom stereocenters. The van der Waals surface area contributed by atoms with Gasteiger partial charge in [-0.2, -0.15) is 0 Å². The van der Waals surface area contributed by atoms with Crippen LogP contribution in [0, 0.1) is 15.3 Å². The van der Waals surface area contributed by atoms with Crippen molar-refractivity contribution in [3.05, 3.63) is 69.9 Å². The zero-order valence-corrected chi connectivity index (χ0v) is 9.86. The minimum absolute atomic E-state index is 1.08. The fraction of sp³-hybridized carbons (Fsp3) is 0.250. The van der Waals surface area contributed by atoms with Crippen molar-refractivity contribution in [2.24, 2.45) is 0 Å². The fourth-order valence-corrected chi connectivity index (χ4v) is 1.57. The quantitative estimate of drug-likeness (QED) is 0.508. The number of hydrogen-bond acceptors (Lipinski definition) is 3. The molecule has 0 unspecified atom stereocenters. The first-order valence-electron chi connectivity index (χ1n) is 5.56. The topological polar surface area (TPSA) is 85.9 Å². The number of nitrogens with zero attached hydrogens (tertiary/aromatic N) is 2. The molecule has 18 heavy (non-hydrogen) atoms. The number of nitrogens with one attached hydrogen (secondary N) is 1. The van der Waals surface area contributed by atoms with E-state index in [9.17, 15) is 0 Å². The minimum Gasteiger partial charge on any atom is -0.356 e. The molecule has 0 saturated heterocycles. The van der Waals surface area contributed by atoms with Crippen LogP contribution in [0.25, 0.3) is 0 Å². The molecule has 0 fully saturated rings. The predicted molar refractivity (Wildman–Crippen MR) is 66.1 cm³/mol. The van der Waals surface area contributed by atoms with Crippen LogP contribution in [0.4, 0.5) is 0 Å². The number of aromatic nitrogens is 2. The summed E-state index contributed by atoms with van der Waals surface area (Å²) in [6, 6.07) is 10.6. The Morgan fingerprint density at radius 3 is 2.44 bits per heavy atom. The highest BCUT2D eigenvalue weighted by atomic mass is 16.9. The first-order chi connectivity index (χ1) is 8.68. The summed E-state index contributed by atoms with van der Waals surface area (Å²) >= 11 is 0. The van der Waals surface area contributed by atoms with E-state index in [1.54, 1.807) is 0 Å². The highest BCUT2D eigenvalue weighted by Gasteiger charge is 1.96. The number of hydrogen-bond donors (Lipinski definition) is 1. The summed E-state index contributed by atoms with van der Waals surface area (Å²) in [5, 5.41) is 14.8. The van der Waals surface area contributed by atoms with E-state index in [0.717, 1.165) is 13.0 Å². The molecule has 0 aliphatic heterocycles. The molecule has 0 aliphatic carbocycles. The number of H-pyrrole nitrogens is 1. The Labute approximate surface area is 105 Å². The maximum Gasteiger partial charge on any atom is 0.241 e. The van der Waals surface area contributed by atoms with E-state index in [-0.39, 0.29) is 0 Å². The zero-order valence-electron chi connectivity index (χ0n) is 9.86. The van der Waals surface area contributed by atoms with Crippen LogP contribution in [0.2, 0.25) is 0 Å². The van der Waals surface area contributed by atoms with Crippen LogP contribution < -0.4 is 4.57 Å². The number of rotatable bonds is 4. The molecule has 6 heteroatoms. The molecule has 0 amide bonds. The first kappa shape index (κ1) is 13.7. The average Bonchev–Trinajstić information content (AvgIpc) is 2.83. The second kappa shape index (κ2) is 7.83. The largest absolute Gasteiger partial charge is 0.356 e. The van der Waals surface area contributed by atoms with Crippen molar-refractivity contribution < 1.29 is 9.65 Å². The second-order valence-corrected chi connectivity index (χ2v) is 3.66. The highest BCUT2D eigenvalue weighted by molar-refractivity contribution is 5.14. The summed E-state index contributed by atoms with van der Waals surface area (Å²) in [6.07, 6.45) is 8.34. The van der Waals surface area contributed by atoms with E-state index in [0.29, 0.717) is 0 Å². The molecule has 2 aromatic rings. The van der Waals surface area contributed by atoms with Crippen LogP contribution >= 0.6 is 0 Å². The van der Waals surface area contributed by atoms with Crippen molar-refractivity contribution in [2.75, 3.05) is 0 Å². The van der Waals surface area contributed by atoms with Crippen LogP contribution in [-0.4, -0.2) is 10.1 Å². The molecular weight excluding hydrogens is 234 g/mol. The van der Waals surface area contributed by atoms with E-state index < -0.39 is 5.09 Å². The molecule has 96 valence electrons. The average molecular weight is 249 g/mol. The van der Waals surface area contributed by atoms with Crippen LogP contribution in [0.15, 0.2) is 49.1 Å². The van der Waals surface area contributed by atoms with Gasteiger partial charge in [-0.3, -0.25) is 4.98 Å². The van der Waals surface area contributed by atoms with Gasteiger partial charge in [-0.25, -0.2) is 4.57 Å².